The highest BCUT2D eigenvalue weighted by molar-refractivity contribution is 5.99. The van der Waals surface area contributed by atoms with Gasteiger partial charge in [0.25, 0.3) is 5.91 Å². The van der Waals surface area contributed by atoms with Crippen LogP contribution in [-0.4, -0.2) is 30.3 Å². The lowest BCUT2D eigenvalue weighted by molar-refractivity contribution is 0.0952. The second kappa shape index (κ2) is 6.44. The SMILES string of the molecule is Cc1ccc(-c2ccnc3c(C(=O)NCc4ccn(C)n4)cnn23)cc1. The number of benzene rings is 1. The maximum absolute atomic E-state index is 12.6. The Labute approximate surface area is 150 Å². The van der Waals surface area contributed by atoms with Gasteiger partial charge in [-0.15, -0.1) is 0 Å². The molecule has 0 saturated carbocycles. The summed E-state index contributed by atoms with van der Waals surface area (Å²) in [6, 6.07) is 11.9. The predicted octanol–water partition coefficient (Wildman–Crippen LogP) is 2.37. The average Bonchev–Trinajstić information content (AvgIpc) is 3.26. The number of nitrogens with one attached hydrogen (secondary N) is 1. The summed E-state index contributed by atoms with van der Waals surface area (Å²) in [5, 5.41) is 11.5. The molecular formula is C19H18N6O. The van der Waals surface area contributed by atoms with Crippen LogP contribution in [0.25, 0.3) is 16.9 Å². The van der Waals surface area contributed by atoms with E-state index in [2.05, 4.69) is 20.5 Å². The van der Waals surface area contributed by atoms with Crippen molar-refractivity contribution in [2.24, 2.45) is 7.05 Å². The number of carbonyl (C=O) groups is 1. The Bertz CT molecular complexity index is 1080. The standard InChI is InChI=1S/C19H18N6O/c1-13-3-5-14(6-4-13)17-7-9-20-18-16(12-22-25(17)18)19(26)21-11-15-8-10-24(2)23-15/h3-10,12H,11H2,1-2H3,(H,21,26). The number of hydrogen-bond donors (Lipinski definition) is 1. The van der Waals surface area contributed by atoms with Crippen molar-refractivity contribution in [3.05, 3.63) is 71.8 Å². The molecule has 3 aromatic heterocycles. The normalized spacial score (nSPS) is 11.0. The lowest BCUT2D eigenvalue weighted by Crippen LogP contribution is -2.23. The van der Waals surface area contributed by atoms with Gasteiger partial charge in [0.05, 0.1) is 24.1 Å². The fourth-order valence-corrected chi connectivity index (χ4v) is 2.82. The highest BCUT2D eigenvalue weighted by Crippen LogP contribution is 2.21. The number of aryl methyl sites for hydroxylation is 2. The molecule has 0 bridgehead atoms. The van der Waals surface area contributed by atoms with E-state index in [1.165, 1.54) is 5.56 Å². The molecule has 130 valence electrons. The molecule has 1 N–H and O–H groups in total. The molecule has 0 aliphatic heterocycles. The summed E-state index contributed by atoms with van der Waals surface area (Å²) in [5.74, 6) is -0.223. The van der Waals surface area contributed by atoms with Crippen molar-refractivity contribution >= 4 is 11.6 Å². The summed E-state index contributed by atoms with van der Waals surface area (Å²) in [6.07, 6.45) is 5.09. The van der Waals surface area contributed by atoms with E-state index in [9.17, 15) is 4.79 Å². The highest BCUT2D eigenvalue weighted by Gasteiger charge is 2.16. The lowest BCUT2D eigenvalue weighted by atomic mass is 10.1. The van der Waals surface area contributed by atoms with Crippen LogP contribution < -0.4 is 5.32 Å². The zero-order chi connectivity index (χ0) is 18.1. The molecule has 0 atom stereocenters. The number of carbonyl (C=O) groups excluding carboxylic acids is 1. The number of amides is 1. The molecule has 0 radical (unpaired) electrons. The fraction of sp³-hybridized carbons (Fsp3) is 0.158. The van der Waals surface area contributed by atoms with Crippen LogP contribution in [0.4, 0.5) is 0 Å². The quantitative estimate of drug-likeness (QED) is 0.615. The number of rotatable bonds is 4. The van der Waals surface area contributed by atoms with E-state index in [0.717, 1.165) is 17.0 Å². The number of fused-ring (bicyclic) bond motifs is 1. The highest BCUT2D eigenvalue weighted by atomic mass is 16.1. The molecule has 4 rings (SSSR count). The van der Waals surface area contributed by atoms with Crippen molar-refractivity contribution in [2.75, 3.05) is 0 Å². The van der Waals surface area contributed by atoms with Crippen LogP contribution in [0.5, 0.6) is 0 Å². The molecule has 0 aliphatic rings. The van der Waals surface area contributed by atoms with E-state index in [4.69, 9.17) is 0 Å². The number of nitrogens with zero attached hydrogens (tertiary/aromatic N) is 5. The molecule has 3 heterocycles. The molecule has 0 spiro atoms. The van der Waals surface area contributed by atoms with Crippen LogP contribution >= 0.6 is 0 Å². The van der Waals surface area contributed by atoms with Crippen molar-refractivity contribution in [3.63, 3.8) is 0 Å². The van der Waals surface area contributed by atoms with Gasteiger partial charge in [-0.1, -0.05) is 29.8 Å². The minimum absolute atomic E-state index is 0.223. The Hall–Kier alpha value is -3.48. The zero-order valence-electron chi connectivity index (χ0n) is 14.5. The zero-order valence-corrected chi connectivity index (χ0v) is 14.5. The topological polar surface area (TPSA) is 77.1 Å². The van der Waals surface area contributed by atoms with Crippen molar-refractivity contribution in [1.82, 2.24) is 29.7 Å². The van der Waals surface area contributed by atoms with Crippen LogP contribution in [0.3, 0.4) is 0 Å². The summed E-state index contributed by atoms with van der Waals surface area (Å²) in [6.45, 7) is 2.40. The summed E-state index contributed by atoms with van der Waals surface area (Å²) in [4.78, 5) is 16.9. The Morgan fingerprint density at radius 1 is 1.15 bits per heavy atom. The molecule has 7 nitrogen and oxygen atoms in total. The van der Waals surface area contributed by atoms with Crippen molar-refractivity contribution in [2.45, 2.75) is 13.5 Å². The Morgan fingerprint density at radius 3 is 2.69 bits per heavy atom. The van der Waals surface area contributed by atoms with Gasteiger partial charge >= 0.3 is 0 Å². The molecule has 4 aromatic rings. The van der Waals surface area contributed by atoms with E-state index in [0.29, 0.717) is 17.8 Å². The van der Waals surface area contributed by atoms with Gasteiger partial charge in [-0.3, -0.25) is 9.48 Å². The Kier molecular flexibility index (Phi) is 3.96. The molecular weight excluding hydrogens is 328 g/mol. The molecule has 1 amide bonds. The Balaban J connectivity index is 1.63. The van der Waals surface area contributed by atoms with Gasteiger partial charge in [-0.05, 0) is 19.1 Å². The van der Waals surface area contributed by atoms with E-state index >= 15 is 0 Å². The second-order valence-electron chi connectivity index (χ2n) is 6.15. The second-order valence-corrected chi connectivity index (χ2v) is 6.15. The first-order valence-corrected chi connectivity index (χ1v) is 8.28. The predicted molar refractivity (Wildman–Crippen MR) is 97.5 cm³/mol. The third-order valence-corrected chi connectivity index (χ3v) is 4.19. The van der Waals surface area contributed by atoms with Gasteiger partial charge in [0.15, 0.2) is 5.65 Å². The lowest BCUT2D eigenvalue weighted by Gasteiger charge is -2.06. The third kappa shape index (κ3) is 2.95. The molecule has 1 aromatic carbocycles. The summed E-state index contributed by atoms with van der Waals surface area (Å²) in [7, 11) is 1.84. The van der Waals surface area contributed by atoms with E-state index in [-0.39, 0.29) is 5.91 Å². The van der Waals surface area contributed by atoms with Crippen molar-refractivity contribution in [1.29, 1.82) is 0 Å². The van der Waals surface area contributed by atoms with Crippen LogP contribution in [0, 0.1) is 6.92 Å². The van der Waals surface area contributed by atoms with Gasteiger partial charge in [0, 0.05) is 25.0 Å². The molecule has 0 fully saturated rings. The first-order chi connectivity index (χ1) is 12.6. The molecule has 0 unspecified atom stereocenters. The largest absolute Gasteiger partial charge is 0.346 e. The average molecular weight is 346 g/mol. The monoisotopic (exact) mass is 346 g/mol. The molecule has 7 heteroatoms. The van der Waals surface area contributed by atoms with Crippen LogP contribution in [0.1, 0.15) is 21.6 Å². The van der Waals surface area contributed by atoms with Crippen molar-refractivity contribution < 1.29 is 4.79 Å². The van der Waals surface area contributed by atoms with E-state index < -0.39 is 0 Å². The minimum Gasteiger partial charge on any atom is -0.346 e. The summed E-state index contributed by atoms with van der Waals surface area (Å²) < 4.78 is 3.40. The number of aromatic nitrogens is 5. The van der Waals surface area contributed by atoms with Crippen molar-refractivity contribution in [3.8, 4) is 11.3 Å². The van der Waals surface area contributed by atoms with Gasteiger partial charge in [-0.25, -0.2) is 9.50 Å². The van der Waals surface area contributed by atoms with Crippen LogP contribution in [0.15, 0.2) is 55.0 Å². The summed E-state index contributed by atoms with van der Waals surface area (Å²) >= 11 is 0. The molecule has 0 aliphatic carbocycles. The van der Waals surface area contributed by atoms with Gasteiger partial charge in [0.1, 0.15) is 5.56 Å². The molecule has 0 saturated heterocycles. The van der Waals surface area contributed by atoms with Gasteiger partial charge < -0.3 is 5.32 Å². The third-order valence-electron chi connectivity index (χ3n) is 4.19. The van der Waals surface area contributed by atoms with Crippen LogP contribution in [-0.2, 0) is 13.6 Å². The van der Waals surface area contributed by atoms with Gasteiger partial charge in [-0.2, -0.15) is 10.2 Å². The maximum atomic E-state index is 12.6. The minimum atomic E-state index is -0.223. The van der Waals surface area contributed by atoms with Gasteiger partial charge in [0.2, 0.25) is 0 Å². The summed E-state index contributed by atoms with van der Waals surface area (Å²) in [5.41, 5.74) is 4.86. The first kappa shape index (κ1) is 16.0. The molecule has 26 heavy (non-hydrogen) atoms. The fourth-order valence-electron chi connectivity index (χ4n) is 2.82. The van der Waals surface area contributed by atoms with E-state index in [1.807, 2.05) is 56.6 Å². The smallest absolute Gasteiger partial charge is 0.257 e. The number of hydrogen-bond acceptors (Lipinski definition) is 4. The Morgan fingerprint density at radius 2 is 1.96 bits per heavy atom. The maximum Gasteiger partial charge on any atom is 0.257 e. The van der Waals surface area contributed by atoms with Crippen LogP contribution in [0.2, 0.25) is 0 Å². The van der Waals surface area contributed by atoms with E-state index in [1.54, 1.807) is 21.6 Å². The first-order valence-electron chi connectivity index (χ1n) is 8.28.